The first-order chi connectivity index (χ1) is 10.6. The number of hydrogen-bond acceptors (Lipinski definition) is 3. The lowest BCUT2D eigenvalue weighted by Gasteiger charge is -2.13. The van der Waals surface area contributed by atoms with Crippen molar-refractivity contribution in [3.05, 3.63) is 59.9 Å². The van der Waals surface area contributed by atoms with E-state index in [4.69, 9.17) is 4.74 Å². The number of aromatic nitrogens is 1. The molecule has 1 atom stereocenters. The molecule has 116 valence electrons. The van der Waals surface area contributed by atoms with Gasteiger partial charge in [0, 0.05) is 19.8 Å². The third-order valence-electron chi connectivity index (χ3n) is 3.46. The van der Waals surface area contributed by atoms with Gasteiger partial charge in [-0.2, -0.15) is 0 Å². The molecule has 0 unspecified atom stereocenters. The van der Waals surface area contributed by atoms with Crippen LogP contribution in [0.15, 0.2) is 48.7 Å². The highest BCUT2D eigenvalue weighted by atomic mass is 16.5. The van der Waals surface area contributed by atoms with Crippen LogP contribution in [-0.2, 0) is 16.6 Å². The molecule has 0 fully saturated rings. The van der Waals surface area contributed by atoms with Crippen LogP contribution in [0.3, 0.4) is 0 Å². The first-order valence-corrected chi connectivity index (χ1v) is 7.18. The van der Waals surface area contributed by atoms with Crippen LogP contribution in [0.1, 0.15) is 28.9 Å². The number of nitrogens with zero attached hydrogens (tertiary/aromatic N) is 1. The summed E-state index contributed by atoms with van der Waals surface area (Å²) in [6.45, 7) is 2.27. The fourth-order valence-electron chi connectivity index (χ4n) is 2.10. The second kappa shape index (κ2) is 7.45. The van der Waals surface area contributed by atoms with E-state index < -0.39 is 5.97 Å². The summed E-state index contributed by atoms with van der Waals surface area (Å²) in [6.07, 6.45) is 1.75. The molecule has 5 heteroatoms. The van der Waals surface area contributed by atoms with Gasteiger partial charge in [0.05, 0.1) is 0 Å². The van der Waals surface area contributed by atoms with Crippen LogP contribution in [0.4, 0.5) is 0 Å². The second-order valence-corrected chi connectivity index (χ2v) is 5.20. The zero-order valence-corrected chi connectivity index (χ0v) is 12.8. The Bertz CT molecular complexity index is 634. The zero-order chi connectivity index (χ0) is 15.9. The fraction of sp³-hybridized carbons (Fsp3) is 0.294. The molecule has 1 N–H and O–H groups in total. The molecule has 5 nitrogen and oxygen atoms in total. The summed E-state index contributed by atoms with van der Waals surface area (Å²) >= 11 is 0. The van der Waals surface area contributed by atoms with E-state index in [1.54, 1.807) is 29.9 Å². The topological polar surface area (TPSA) is 60.3 Å². The summed E-state index contributed by atoms with van der Waals surface area (Å²) in [5.41, 5.74) is 1.58. The van der Waals surface area contributed by atoms with E-state index in [0.29, 0.717) is 12.2 Å². The molecule has 0 saturated heterocycles. The molecule has 0 aliphatic heterocycles. The third kappa shape index (κ3) is 4.22. The van der Waals surface area contributed by atoms with Gasteiger partial charge in [-0.3, -0.25) is 4.79 Å². The van der Waals surface area contributed by atoms with Gasteiger partial charge in [-0.1, -0.05) is 37.3 Å². The van der Waals surface area contributed by atoms with E-state index in [1.165, 1.54) is 0 Å². The monoisotopic (exact) mass is 300 g/mol. The van der Waals surface area contributed by atoms with E-state index in [0.717, 1.165) is 5.56 Å². The van der Waals surface area contributed by atoms with E-state index in [2.05, 4.69) is 5.32 Å². The molecule has 1 aromatic heterocycles. The van der Waals surface area contributed by atoms with Crippen LogP contribution in [0, 0.1) is 0 Å². The molecule has 1 heterocycles. The maximum atomic E-state index is 11.8. The smallest absolute Gasteiger partial charge is 0.355 e. The number of amides is 1. The van der Waals surface area contributed by atoms with Gasteiger partial charge in [-0.15, -0.1) is 0 Å². The largest absolute Gasteiger partial charge is 0.451 e. The number of esters is 1. The number of carbonyl (C=O) groups is 2. The maximum Gasteiger partial charge on any atom is 0.355 e. The van der Waals surface area contributed by atoms with Crippen LogP contribution in [0.5, 0.6) is 0 Å². The number of aryl methyl sites for hydroxylation is 1. The minimum absolute atomic E-state index is 0.203. The van der Waals surface area contributed by atoms with Gasteiger partial charge < -0.3 is 14.6 Å². The average Bonchev–Trinajstić information content (AvgIpc) is 2.97. The molecule has 0 radical (unpaired) electrons. The lowest BCUT2D eigenvalue weighted by molar-refractivity contribution is -0.124. The minimum Gasteiger partial charge on any atom is -0.451 e. The SMILES string of the molecule is C[C@@H](CNC(=O)COC(=O)c1cccn1C)c1ccccc1. The number of rotatable bonds is 6. The van der Waals surface area contributed by atoms with Gasteiger partial charge in [0.1, 0.15) is 5.69 Å². The molecule has 0 aliphatic carbocycles. The Kier molecular flexibility index (Phi) is 5.36. The van der Waals surface area contributed by atoms with Crippen molar-refractivity contribution >= 4 is 11.9 Å². The molecule has 1 amide bonds. The van der Waals surface area contributed by atoms with E-state index in [9.17, 15) is 9.59 Å². The summed E-state index contributed by atoms with van der Waals surface area (Å²) in [5, 5.41) is 2.77. The van der Waals surface area contributed by atoms with Gasteiger partial charge in [-0.25, -0.2) is 4.79 Å². The first-order valence-electron chi connectivity index (χ1n) is 7.18. The Morgan fingerprint density at radius 1 is 1.18 bits per heavy atom. The molecule has 0 spiro atoms. The van der Waals surface area contributed by atoms with Crippen molar-refractivity contribution in [2.24, 2.45) is 7.05 Å². The van der Waals surface area contributed by atoms with Crippen molar-refractivity contribution in [1.82, 2.24) is 9.88 Å². The number of benzene rings is 1. The van der Waals surface area contributed by atoms with E-state index in [-0.39, 0.29) is 18.4 Å². The van der Waals surface area contributed by atoms with Crippen LogP contribution in [0.2, 0.25) is 0 Å². The van der Waals surface area contributed by atoms with Gasteiger partial charge >= 0.3 is 5.97 Å². The summed E-state index contributed by atoms with van der Waals surface area (Å²) in [5.74, 6) is -0.599. The number of hydrogen-bond donors (Lipinski definition) is 1. The van der Waals surface area contributed by atoms with Crippen molar-refractivity contribution in [1.29, 1.82) is 0 Å². The molecule has 22 heavy (non-hydrogen) atoms. The van der Waals surface area contributed by atoms with E-state index >= 15 is 0 Å². The maximum absolute atomic E-state index is 11.8. The summed E-state index contributed by atoms with van der Waals surface area (Å²) in [4.78, 5) is 23.5. The molecular weight excluding hydrogens is 280 g/mol. The molecule has 2 aromatic rings. The zero-order valence-electron chi connectivity index (χ0n) is 12.8. The Morgan fingerprint density at radius 3 is 2.55 bits per heavy atom. The van der Waals surface area contributed by atoms with Crippen molar-refractivity contribution in [2.75, 3.05) is 13.2 Å². The predicted octanol–water partition coefficient (Wildman–Crippen LogP) is 2.10. The average molecular weight is 300 g/mol. The Hall–Kier alpha value is -2.56. The van der Waals surface area contributed by atoms with Gasteiger partial charge in [0.2, 0.25) is 0 Å². The highest BCUT2D eigenvalue weighted by Crippen LogP contribution is 2.12. The third-order valence-corrected chi connectivity index (χ3v) is 3.46. The van der Waals surface area contributed by atoms with Gasteiger partial charge in [0.25, 0.3) is 5.91 Å². The normalized spacial score (nSPS) is 11.7. The number of nitrogens with one attached hydrogen (secondary N) is 1. The minimum atomic E-state index is -0.501. The van der Waals surface area contributed by atoms with Crippen LogP contribution in [-0.4, -0.2) is 29.6 Å². The molecule has 0 bridgehead atoms. The van der Waals surface area contributed by atoms with E-state index in [1.807, 2.05) is 37.3 Å². The van der Waals surface area contributed by atoms with Crippen molar-refractivity contribution in [3.8, 4) is 0 Å². The number of carbonyl (C=O) groups excluding carboxylic acids is 2. The second-order valence-electron chi connectivity index (χ2n) is 5.20. The quantitative estimate of drug-likeness (QED) is 0.831. The molecular formula is C17H20N2O3. The Labute approximate surface area is 129 Å². The molecule has 0 saturated carbocycles. The summed E-state index contributed by atoms with van der Waals surface area (Å²) < 4.78 is 6.65. The van der Waals surface area contributed by atoms with Crippen LogP contribution in [0.25, 0.3) is 0 Å². The molecule has 2 rings (SSSR count). The summed E-state index contributed by atoms with van der Waals surface area (Å²) in [7, 11) is 1.75. The Balaban J connectivity index is 1.74. The standard InChI is InChI=1S/C17H20N2O3/c1-13(14-7-4-3-5-8-14)11-18-16(20)12-22-17(21)15-9-6-10-19(15)2/h3-10,13H,11-12H2,1-2H3,(H,18,20)/t13-/m0/s1. The highest BCUT2D eigenvalue weighted by molar-refractivity contribution is 5.89. The van der Waals surface area contributed by atoms with Gasteiger partial charge in [-0.05, 0) is 23.6 Å². The van der Waals surface area contributed by atoms with Gasteiger partial charge in [0.15, 0.2) is 6.61 Å². The lowest BCUT2D eigenvalue weighted by Crippen LogP contribution is -2.31. The summed E-state index contributed by atoms with van der Waals surface area (Å²) in [6, 6.07) is 13.3. The fourth-order valence-corrected chi connectivity index (χ4v) is 2.10. The predicted molar refractivity (Wildman–Crippen MR) is 83.6 cm³/mol. The van der Waals surface area contributed by atoms with Crippen LogP contribution < -0.4 is 5.32 Å². The highest BCUT2D eigenvalue weighted by Gasteiger charge is 2.13. The van der Waals surface area contributed by atoms with Crippen LogP contribution >= 0.6 is 0 Å². The first kappa shape index (κ1) is 15.8. The Morgan fingerprint density at radius 2 is 1.91 bits per heavy atom. The van der Waals surface area contributed by atoms with Crippen molar-refractivity contribution in [2.45, 2.75) is 12.8 Å². The number of ether oxygens (including phenoxy) is 1. The van der Waals surface area contributed by atoms with Crippen molar-refractivity contribution < 1.29 is 14.3 Å². The lowest BCUT2D eigenvalue weighted by atomic mass is 10.0. The van der Waals surface area contributed by atoms with Crippen molar-refractivity contribution in [3.63, 3.8) is 0 Å². The molecule has 0 aliphatic rings. The molecule has 1 aromatic carbocycles.